The van der Waals surface area contributed by atoms with E-state index in [1.807, 2.05) is 26.0 Å². The maximum atomic E-state index is 12.4. The topological polar surface area (TPSA) is 29.5 Å². The van der Waals surface area contributed by atoms with Crippen molar-refractivity contribution < 1.29 is 9.53 Å². The average Bonchev–Trinajstić information content (AvgIpc) is 2.38. The van der Waals surface area contributed by atoms with Gasteiger partial charge in [0.05, 0.1) is 12.7 Å². The van der Waals surface area contributed by atoms with Crippen LogP contribution in [0.2, 0.25) is 0 Å². The molecule has 1 rings (SSSR count). The van der Waals surface area contributed by atoms with Gasteiger partial charge in [-0.2, -0.15) is 0 Å². The van der Waals surface area contributed by atoms with Gasteiger partial charge in [0, 0.05) is 13.0 Å². The number of hydrogen-bond acceptors (Lipinski definition) is 3. The van der Waals surface area contributed by atoms with Crippen LogP contribution in [0.5, 0.6) is 5.75 Å². The minimum Gasteiger partial charge on any atom is -0.496 e. The summed E-state index contributed by atoms with van der Waals surface area (Å²) in [5.41, 5.74) is 2.86. The zero-order valence-corrected chi connectivity index (χ0v) is 12.7. The monoisotopic (exact) mass is 263 g/mol. The summed E-state index contributed by atoms with van der Waals surface area (Å²) in [7, 11) is 1.62. The highest BCUT2D eigenvalue weighted by Gasteiger charge is 2.16. The molecule has 0 aliphatic rings. The Labute approximate surface area is 116 Å². The van der Waals surface area contributed by atoms with Crippen molar-refractivity contribution in [2.45, 2.75) is 34.1 Å². The zero-order chi connectivity index (χ0) is 14.4. The fraction of sp³-hybridized carbons (Fsp3) is 0.562. The number of ketones is 1. The third-order valence-electron chi connectivity index (χ3n) is 3.49. The van der Waals surface area contributed by atoms with Crippen LogP contribution in [-0.2, 0) is 0 Å². The molecular formula is C16H25NO2. The Morgan fingerprint density at radius 1 is 1.21 bits per heavy atom. The van der Waals surface area contributed by atoms with Gasteiger partial charge in [0.1, 0.15) is 5.75 Å². The molecule has 0 radical (unpaired) electrons. The summed E-state index contributed by atoms with van der Waals surface area (Å²) in [4.78, 5) is 14.6. The summed E-state index contributed by atoms with van der Waals surface area (Å²) >= 11 is 0. The predicted octanol–water partition coefficient (Wildman–Crippen LogP) is 3.23. The fourth-order valence-corrected chi connectivity index (χ4v) is 2.37. The molecule has 0 atom stereocenters. The van der Waals surface area contributed by atoms with Gasteiger partial charge < -0.3 is 9.64 Å². The molecule has 0 heterocycles. The van der Waals surface area contributed by atoms with E-state index < -0.39 is 0 Å². The van der Waals surface area contributed by atoms with Crippen LogP contribution in [0.4, 0.5) is 0 Å². The highest BCUT2D eigenvalue weighted by molar-refractivity contribution is 6.00. The van der Waals surface area contributed by atoms with Gasteiger partial charge in [0.15, 0.2) is 5.78 Å². The second-order valence-electron chi connectivity index (χ2n) is 4.86. The third-order valence-corrected chi connectivity index (χ3v) is 3.49. The molecule has 0 aliphatic heterocycles. The zero-order valence-electron chi connectivity index (χ0n) is 12.7. The molecule has 0 aliphatic carbocycles. The summed E-state index contributed by atoms with van der Waals surface area (Å²) in [6, 6.07) is 3.96. The molecular weight excluding hydrogens is 238 g/mol. The molecule has 0 N–H and O–H groups in total. The molecule has 3 heteroatoms. The van der Waals surface area contributed by atoms with E-state index >= 15 is 0 Å². The Balaban J connectivity index is 2.87. The van der Waals surface area contributed by atoms with E-state index in [1.54, 1.807) is 7.11 Å². The van der Waals surface area contributed by atoms with E-state index in [4.69, 9.17) is 4.74 Å². The van der Waals surface area contributed by atoms with E-state index in [2.05, 4.69) is 18.7 Å². The first-order chi connectivity index (χ1) is 9.03. The van der Waals surface area contributed by atoms with Crippen LogP contribution in [0.25, 0.3) is 0 Å². The minimum absolute atomic E-state index is 0.168. The van der Waals surface area contributed by atoms with E-state index in [0.717, 1.165) is 36.3 Å². The maximum Gasteiger partial charge on any atom is 0.168 e. The van der Waals surface area contributed by atoms with Crippen molar-refractivity contribution in [3.63, 3.8) is 0 Å². The van der Waals surface area contributed by atoms with Gasteiger partial charge in [-0.3, -0.25) is 4.79 Å². The molecule has 0 spiro atoms. The standard InChI is InChI=1S/C16H25NO2/c1-6-17(7-2)9-8-14(18)16-13(4)10-12(3)11-15(16)19-5/h10-11H,6-9H2,1-5H3. The van der Waals surface area contributed by atoms with Gasteiger partial charge in [-0.25, -0.2) is 0 Å². The van der Waals surface area contributed by atoms with Crippen LogP contribution in [0.3, 0.4) is 0 Å². The van der Waals surface area contributed by atoms with E-state index in [0.29, 0.717) is 12.2 Å². The molecule has 0 bridgehead atoms. The molecule has 19 heavy (non-hydrogen) atoms. The summed E-state index contributed by atoms with van der Waals surface area (Å²) < 4.78 is 5.35. The summed E-state index contributed by atoms with van der Waals surface area (Å²) in [6.45, 7) is 11.0. The predicted molar refractivity (Wildman–Crippen MR) is 79.2 cm³/mol. The number of methoxy groups -OCH3 is 1. The normalized spacial score (nSPS) is 10.8. The lowest BCUT2D eigenvalue weighted by atomic mass is 9.99. The van der Waals surface area contributed by atoms with Crippen LogP contribution in [0, 0.1) is 13.8 Å². The first kappa shape index (κ1) is 15.7. The van der Waals surface area contributed by atoms with Gasteiger partial charge in [0.25, 0.3) is 0 Å². The van der Waals surface area contributed by atoms with E-state index in [9.17, 15) is 4.79 Å². The molecule has 0 saturated heterocycles. The number of benzene rings is 1. The highest BCUT2D eigenvalue weighted by Crippen LogP contribution is 2.25. The van der Waals surface area contributed by atoms with Crippen molar-refractivity contribution in [3.8, 4) is 5.75 Å². The highest BCUT2D eigenvalue weighted by atomic mass is 16.5. The van der Waals surface area contributed by atoms with Crippen molar-refractivity contribution in [2.24, 2.45) is 0 Å². The van der Waals surface area contributed by atoms with E-state index in [1.165, 1.54) is 0 Å². The van der Waals surface area contributed by atoms with Crippen LogP contribution >= 0.6 is 0 Å². The van der Waals surface area contributed by atoms with Crippen molar-refractivity contribution in [2.75, 3.05) is 26.7 Å². The van der Waals surface area contributed by atoms with Gasteiger partial charge in [-0.1, -0.05) is 19.9 Å². The Bertz CT molecular complexity index is 437. The minimum atomic E-state index is 0.168. The van der Waals surface area contributed by atoms with Gasteiger partial charge in [-0.15, -0.1) is 0 Å². The molecule has 0 saturated carbocycles. The summed E-state index contributed by atoms with van der Waals surface area (Å²) in [6.07, 6.45) is 0.544. The largest absolute Gasteiger partial charge is 0.496 e. The number of ether oxygens (including phenoxy) is 1. The molecule has 106 valence electrons. The second-order valence-corrected chi connectivity index (χ2v) is 4.86. The number of hydrogen-bond donors (Lipinski definition) is 0. The Morgan fingerprint density at radius 3 is 2.37 bits per heavy atom. The number of rotatable bonds is 7. The number of Topliss-reactive ketones (excluding diaryl/α,β-unsaturated/α-hetero) is 1. The van der Waals surface area contributed by atoms with Crippen LogP contribution in [0.1, 0.15) is 41.8 Å². The average molecular weight is 263 g/mol. The van der Waals surface area contributed by atoms with Crippen molar-refractivity contribution in [1.29, 1.82) is 0 Å². The van der Waals surface area contributed by atoms with Gasteiger partial charge in [-0.05, 0) is 44.1 Å². The maximum absolute atomic E-state index is 12.4. The lowest BCUT2D eigenvalue weighted by Gasteiger charge is -2.18. The smallest absolute Gasteiger partial charge is 0.168 e. The van der Waals surface area contributed by atoms with Crippen LogP contribution in [0.15, 0.2) is 12.1 Å². The lowest BCUT2D eigenvalue weighted by Crippen LogP contribution is -2.26. The van der Waals surface area contributed by atoms with Crippen molar-refractivity contribution in [3.05, 3.63) is 28.8 Å². The first-order valence-corrected chi connectivity index (χ1v) is 6.94. The lowest BCUT2D eigenvalue weighted by molar-refractivity contribution is 0.0963. The number of carbonyl (C=O) groups excluding carboxylic acids is 1. The van der Waals surface area contributed by atoms with Crippen LogP contribution in [-0.4, -0.2) is 37.4 Å². The quantitative estimate of drug-likeness (QED) is 0.707. The molecule has 1 aromatic rings. The fourth-order valence-electron chi connectivity index (χ4n) is 2.37. The number of aryl methyl sites for hydroxylation is 2. The summed E-state index contributed by atoms with van der Waals surface area (Å²) in [5.74, 6) is 0.864. The SMILES string of the molecule is CCN(CC)CCC(=O)c1c(C)cc(C)cc1OC. The first-order valence-electron chi connectivity index (χ1n) is 6.94. The van der Waals surface area contributed by atoms with Gasteiger partial charge >= 0.3 is 0 Å². The Hall–Kier alpha value is -1.35. The Kier molecular flexibility index (Phi) is 6.03. The van der Waals surface area contributed by atoms with Crippen molar-refractivity contribution >= 4 is 5.78 Å². The molecule has 3 nitrogen and oxygen atoms in total. The van der Waals surface area contributed by atoms with Crippen LogP contribution < -0.4 is 4.74 Å². The third kappa shape index (κ3) is 4.06. The Morgan fingerprint density at radius 2 is 1.84 bits per heavy atom. The molecule has 0 aromatic heterocycles. The molecule has 1 aromatic carbocycles. The number of nitrogens with zero attached hydrogens (tertiary/aromatic N) is 1. The second kappa shape index (κ2) is 7.29. The summed E-state index contributed by atoms with van der Waals surface area (Å²) in [5, 5.41) is 0. The molecule has 0 fully saturated rings. The van der Waals surface area contributed by atoms with E-state index in [-0.39, 0.29) is 5.78 Å². The molecule has 0 amide bonds. The number of carbonyl (C=O) groups is 1. The molecule has 0 unspecified atom stereocenters. The van der Waals surface area contributed by atoms with Crippen molar-refractivity contribution in [1.82, 2.24) is 4.90 Å². The van der Waals surface area contributed by atoms with Gasteiger partial charge in [0.2, 0.25) is 0 Å².